The highest BCUT2D eigenvalue weighted by Gasteiger charge is 2.27. The quantitative estimate of drug-likeness (QED) is 0.0918. The van der Waals surface area contributed by atoms with Crippen LogP contribution in [-0.4, -0.2) is 44.1 Å². The first-order chi connectivity index (χ1) is 23.0. The van der Waals surface area contributed by atoms with Crippen molar-refractivity contribution in [3.63, 3.8) is 0 Å². The van der Waals surface area contributed by atoms with Gasteiger partial charge in [-0.3, -0.25) is 9.69 Å². The molecule has 0 spiro atoms. The smallest absolute Gasteiger partial charge is 0.337 e. The Hall–Kier alpha value is -4.42. The zero-order valence-corrected chi connectivity index (χ0v) is 27.8. The monoisotopic (exact) mass is 633 g/mol. The number of hydrogen-bond donors (Lipinski definition) is 0. The Bertz CT molecular complexity index is 1580. The third kappa shape index (κ3) is 9.79. The molecule has 6 heteroatoms. The molecule has 0 heterocycles. The summed E-state index contributed by atoms with van der Waals surface area (Å²) in [7, 11) is 2.87. The number of nitrogens with zero attached hydrogens (tertiary/aromatic N) is 1. The minimum Gasteiger partial charge on any atom is -0.489 e. The number of unbranched alkanes of at least 4 members (excludes halogenated alkanes) is 1. The second-order valence-corrected chi connectivity index (χ2v) is 12.3. The lowest BCUT2D eigenvalue weighted by atomic mass is 9.85. The zero-order chi connectivity index (χ0) is 32.8. The topological polar surface area (TPSA) is 65.1 Å². The molecule has 1 unspecified atom stereocenters. The lowest BCUT2D eigenvalue weighted by Crippen LogP contribution is -2.34. The molecule has 0 N–H and O–H groups in total. The number of para-hydroxylation sites is 1. The molecule has 6 nitrogen and oxygen atoms in total. The zero-order valence-electron chi connectivity index (χ0n) is 27.8. The Morgan fingerprint density at radius 3 is 2.23 bits per heavy atom. The van der Waals surface area contributed by atoms with Crippen molar-refractivity contribution in [3.8, 4) is 5.75 Å². The van der Waals surface area contributed by atoms with Crippen LogP contribution in [0.4, 0.5) is 0 Å². The molecule has 4 aromatic rings. The predicted octanol–water partition coefficient (Wildman–Crippen LogP) is 8.10. The van der Waals surface area contributed by atoms with Crippen LogP contribution in [0.1, 0.15) is 81.9 Å². The van der Waals surface area contributed by atoms with Crippen molar-refractivity contribution >= 4 is 11.9 Å². The SMILES string of the molecule is COC(=O)CCCCN(CCc1ccccc1OCc1ccc(CCc2ccccc2)cc1)C1CCCc2cc(C(=O)OC)ccc21. The number of fused-ring (bicyclic) bond motifs is 1. The number of carbonyl (C=O) groups excluding carboxylic acids is 2. The summed E-state index contributed by atoms with van der Waals surface area (Å²) in [5.41, 5.74) is 8.13. The largest absolute Gasteiger partial charge is 0.489 e. The molecule has 0 amide bonds. The van der Waals surface area contributed by atoms with Crippen LogP contribution in [0.5, 0.6) is 5.75 Å². The minimum atomic E-state index is -0.301. The Morgan fingerprint density at radius 1 is 0.745 bits per heavy atom. The minimum absolute atomic E-state index is 0.164. The van der Waals surface area contributed by atoms with E-state index in [1.54, 1.807) is 0 Å². The van der Waals surface area contributed by atoms with Gasteiger partial charge in [-0.2, -0.15) is 0 Å². The molecule has 0 aromatic heterocycles. The van der Waals surface area contributed by atoms with Crippen LogP contribution in [-0.2, 0) is 46.6 Å². The third-order valence-electron chi connectivity index (χ3n) is 9.19. The van der Waals surface area contributed by atoms with Crippen molar-refractivity contribution in [2.24, 2.45) is 0 Å². The van der Waals surface area contributed by atoms with Crippen LogP contribution in [0, 0.1) is 0 Å². The predicted molar refractivity (Wildman–Crippen MR) is 186 cm³/mol. The van der Waals surface area contributed by atoms with Crippen LogP contribution >= 0.6 is 0 Å². The maximum absolute atomic E-state index is 12.2. The first kappa shape index (κ1) is 33.9. The summed E-state index contributed by atoms with van der Waals surface area (Å²) in [5.74, 6) is 0.450. The molecule has 0 saturated heterocycles. The van der Waals surface area contributed by atoms with E-state index in [4.69, 9.17) is 14.2 Å². The molecular formula is C41H47NO5. The third-order valence-corrected chi connectivity index (χ3v) is 9.19. The van der Waals surface area contributed by atoms with E-state index >= 15 is 0 Å². The highest BCUT2D eigenvalue weighted by Crippen LogP contribution is 2.36. The van der Waals surface area contributed by atoms with Crippen molar-refractivity contribution in [1.29, 1.82) is 0 Å². The normalized spacial score (nSPS) is 14.0. The molecule has 47 heavy (non-hydrogen) atoms. The van der Waals surface area contributed by atoms with Gasteiger partial charge in [0.15, 0.2) is 0 Å². The van der Waals surface area contributed by atoms with Gasteiger partial charge in [0.1, 0.15) is 12.4 Å². The van der Waals surface area contributed by atoms with E-state index in [-0.39, 0.29) is 18.0 Å². The van der Waals surface area contributed by atoms with Gasteiger partial charge in [-0.25, -0.2) is 4.79 Å². The number of benzene rings is 4. The number of ether oxygens (including phenoxy) is 3. The number of rotatable bonds is 16. The van der Waals surface area contributed by atoms with Crippen LogP contribution in [0.15, 0.2) is 97.1 Å². The van der Waals surface area contributed by atoms with E-state index in [1.165, 1.54) is 42.0 Å². The van der Waals surface area contributed by atoms with Gasteiger partial charge in [-0.05, 0) is 109 Å². The number of aryl methyl sites for hydroxylation is 3. The van der Waals surface area contributed by atoms with Crippen molar-refractivity contribution < 1.29 is 23.8 Å². The molecule has 5 rings (SSSR count). The van der Waals surface area contributed by atoms with Crippen molar-refractivity contribution in [2.45, 2.75) is 70.4 Å². The first-order valence-corrected chi connectivity index (χ1v) is 16.9. The van der Waals surface area contributed by atoms with Gasteiger partial charge in [0.05, 0.1) is 19.8 Å². The van der Waals surface area contributed by atoms with Crippen LogP contribution < -0.4 is 4.74 Å². The van der Waals surface area contributed by atoms with E-state index in [2.05, 4.69) is 83.8 Å². The maximum atomic E-state index is 12.2. The number of methoxy groups -OCH3 is 2. The van der Waals surface area contributed by atoms with E-state index in [0.717, 1.165) is 75.8 Å². The second kappa shape index (κ2) is 17.5. The van der Waals surface area contributed by atoms with Crippen LogP contribution in [0.2, 0.25) is 0 Å². The number of esters is 2. The van der Waals surface area contributed by atoms with Crippen LogP contribution in [0.25, 0.3) is 0 Å². The molecule has 1 aliphatic carbocycles. The molecular weight excluding hydrogens is 586 g/mol. The number of hydrogen-bond acceptors (Lipinski definition) is 6. The fourth-order valence-corrected chi connectivity index (χ4v) is 6.53. The average Bonchev–Trinajstić information content (AvgIpc) is 3.13. The first-order valence-electron chi connectivity index (χ1n) is 16.9. The molecule has 0 fully saturated rings. The van der Waals surface area contributed by atoms with Gasteiger partial charge < -0.3 is 14.2 Å². The fourth-order valence-electron chi connectivity index (χ4n) is 6.53. The van der Waals surface area contributed by atoms with Crippen molar-refractivity contribution in [1.82, 2.24) is 4.90 Å². The molecule has 0 bridgehead atoms. The Labute approximate surface area is 279 Å². The second-order valence-electron chi connectivity index (χ2n) is 12.3. The summed E-state index contributed by atoms with van der Waals surface area (Å²) in [6.07, 6.45) is 8.09. The van der Waals surface area contributed by atoms with Gasteiger partial charge in [0, 0.05) is 19.0 Å². The van der Waals surface area contributed by atoms with Gasteiger partial charge in [-0.15, -0.1) is 0 Å². The molecule has 4 aromatic carbocycles. The molecule has 0 saturated carbocycles. The van der Waals surface area contributed by atoms with E-state index in [1.807, 2.05) is 18.2 Å². The Balaban J connectivity index is 1.23. The van der Waals surface area contributed by atoms with Gasteiger partial charge >= 0.3 is 11.9 Å². The average molecular weight is 634 g/mol. The lowest BCUT2D eigenvalue weighted by molar-refractivity contribution is -0.140. The maximum Gasteiger partial charge on any atom is 0.337 e. The summed E-state index contributed by atoms with van der Waals surface area (Å²) < 4.78 is 16.2. The summed E-state index contributed by atoms with van der Waals surface area (Å²) in [5, 5.41) is 0. The standard InChI is InChI=1S/C41H47NO5/c1-45-40(43)17-8-9-27-42(38-15-10-14-35-29-36(41(44)46-2)24-25-37(35)38)28-26-34-13-6-7-16-39(34)47-30-33-22-20-32(21-23-33)19-18-31-11-4-3-5-12-31/h3-7,11-13,16,20-25,29,38H,8-10,14-15,17-19,26-28,30H2,1-2H3. The summed E-state index contributed by atoms with van der Waals surface area (Å²) >= 11 is 0. The molecule has 0 radical (unpaired) electrons. The summed E-state index contributed by atoms with van der Waals surface area (Å²) in [4.78, 5) is 26.5. The van der Waals surface area contributed by atoms with Gasteiger partial charge in [0.2, 0.25) is 0 Å². The molecule has 0 aliphatic heterocycles. The highest BCUT2D eigenvalue weighted by molar-refractivity contribution is 5.89. The number of carbonyl (C=O) groups is 2. The molecule has 1 aliphatic rings. The fraction of sp³-hybridized carbons (Fsp3) is 0.366. The Morgan fingerprint density at radius 2 is 1.47 bits per heavy atom. The van der Waals surface area contributed by atoms with Crippen molar-refractivity contribution in [3.05, 3.63) is 136 Å². The van der Waals surface area contributed by atoms with Crippen LogP contribution in [0.3, 0.4) is 0 Å². The lowest BCUT2D eigenvalue weighted by Gasteiger charge is -2.36. The Kier molecular flexibility index (Phi) is 12.6. The van der Waals surface area contributed by atoms with Gasteiger partial charge in [-0.1, -0.05) is 78.9 Å². The highest BCUT2D eigenvalue weighted by atomic mass is 16.5. The molecule has 1 atom stereocenters. The van der Waals surface area contributed by atoms with Crippen molar-refractivity contribution in [2.75, 3.05) is 27.3 Å². The molecule has 246 valence electrons. The summed E-state index contributed by atoms with van der Waals surface area (Å²) in [6.45, 7) is 2.25. The van der Waals surface area contributed by atoms with E-state index in [0.29, 0.717) is 18.6 Å². The summed E-state index contributed by atoms with van der Waals surface area (Å²) in [6, 6.07) is 34.0. The van der Waals surface area contributed by atoms with E-state index < -0.39 is 0 Å². The van der Waals surface area contributed by atoms with Gasteiger partial charge in [0.25, 0.3) is 0 Å². The van der Waals surface area contributed by atoms with E-state index in [9.17, 15) is 9.59 Å².